The fourth-order valence-corrected chi connectivity index (χ4v) is 3.42. The van der Waals surface area contributed by atoms with Gasteiger partial charge in [0.1, 0.15) is 13.2 Å². The summed E-state index contributed by atoms with van der Waals surface area (Å²) in [7, 11) is 0. The Labute approximate surface area is 228 Å². The van der Waals surface area contributed by atoms with E-state index < -0.39 is 123 Å². The largest absolute Gasteiger partial charge is 0.483 e. The first kappa shape index (κ1) is 32.0. The van der Waals surface area contributed by atoms with Gasteiger partial charge in [0.05, 0.1) is 16.7 Å². The van der Waals surface area contributed by atoms with Gasteiger partial charge in [-0.1, -0.05) is 38.0 Å². The third-order valence-electron chi connectivity index (χ3n) is 5.50. The second-order valence-corrected chi connectivity index (χ2v) is 7.97. The average molecular weight is 614 g/mol. The summed E-state index contributed by atoms with van der Waals surface area (Å²) < 4.78 is 185. The van der Waals surface area contributed by atoms with Gasteiger partial charge in [-0.2, -0.15) is 26.3 Å². The molecule has 0 bridgehead atoms. The van der Waals surface area contributed by atoms with E-state index in [2.05, 4.69) is 29.2 Å². The number of hydrogen-bond donors (Lipinski definition) is 0. The summed E-state index contributed by atoms with van der Waals surface area (Å²) in [4.78, 5) is 0. The van der Waals surface area contributed by atoms with E-state index in [-0.39, 0.29) is 0 Å². The minimum absolute atomic E-state index is 0.396. The highest BCUT2D eigenvalue weighted by atomic mass is 19.2. The molecule has 42 heavy (non-hydrogen) atoms. The molecule has 3 aromatic carbocycles. The molecule has 0 N–H and O–H groups in total. The summed E-state index contributed by atoms with van der Waals surface area (Å²) in [6, 6.07) is 0. The quantitative estimate of drug-likeness (QED) is 0.161. The highest BCUT2D eigenvalue weighted by Gasteiger charge is 2.31. The van der Waals surface area contributed by atoms with Crippen LogP contribution in [0.2, 0.25) is 0 Å². The molecule has 224 valence electrons. The van der Waals surface area contributed by atoms with Crippen molar-refractivity contribution in [3.8, 4) is 17.2 Å². The van der Waals surface area contributed by atoms with Crippen LogP contribution in [0.3, 0.4) is 0 Å². The molecule has 0 radical (unpaired) electrons. The maximum atomic E-state index is 14.5. The van der Waals surface area contributed by atoms with Gasteiger partial charge < -0.3 is 14.2 Å². The standard InChI is InChI=1S/C27H14F12O3/c1-4-10-13(28)19(34)25(20(35)14(10)29)40-7-9(42-27-23(38)17(32)12(6-3)18(33)24(27)39)8-41-26-21(36)15(30)11(5-2)16(31)22(26)37/h4-6,9H,1-3,7-8H2. The van der Waals surface area contributed by atoms with Crippen LogP contribution in [0.25, 0.3) is 18.2 Å². The molecule has 0 saturated heterocycles. The third kappa shape index (κ3) is 5.50. The van der Waals surface area contributed by atoms with Crippen LogP contribution in [0, 0.1) is 69.8 Å². The molecule has 0 atom stereocenters. The van der Waals surface area contributed by atoms with Crippen LogP contribution >= 0.6 is 0 Å². The summed E-state index contributed by atoms with van der Waals surface area (Å²) in [6.45, 7) is 5.94. The second-order valence-electron chi connectivity index (χ2n) is 7.97. The van der Waals surface area contributed by atoms with E-state index >= 15 is 0 Å². The van der Waals surface area contributed by atoms with Crippen LogP contribution < -0.4 is 14.2 Å². The van der Waals surface area contributed by atoms with Crippen molar-refractivity contribution in [2.45, 2.75) is 6.10 Å². The molecule has 0 aliphatic rings. The van der Waals surface area contributed by atoms with Crippen molar-refractivity contribution in [1.82, 2.24) is 0 Å². The summed E-state index contributed by atoms with van der Waals surface area (Å²) >= 11 is 0. The van der Waals surface area contributed by atoms with Crippen molar-refractivity contribution in [1.29, 1.82) is 0 Å². The average Bonchev–Trinajstić information content (AvgIpc) is 2.96. The van der Waals surface area contributed by atoms with Crippen molar-refractivity contribution in [3.05, 3.63) is 106 Å². The monoisotopic (exact) mass is 614 g/mol. The van der Waals surface area contributed by atoms with E-state index in [1.54, 1.807) is 0 Å². The highest BCUT2D eigenvalue weighted by molar-refractivity contribution is 5.53. The topological polar surface area (TPSA) is 27.7 Å². The Bertz CT molecular complexity index is 1440. The van der Waals surface area contributed by atoms with Crippen LogP contribution in [0.4, 0.5) is 52.7 Å². The van der Waals surface area contributed by atoms with Crippen molar-refractivity contribution in [3.63, 3.8) is 0 Å². The van der Waals surface area contributed by atoms with E-state index in [0.29, 0.717) is 18.2 Å². The molecule has 3 nitrogen and oxygen atoms in total. The molecule has 3 rings (SSSR count). The number of rotatable bonds is 11. The summed E-state index contributed by atoms with van der Waals surface area (Å²) in [5.74, 6) is -30.5. The van der Waals surface area contributed by atoms with Crippen molar-refractivity contribution >= 4 is 18.2 Å². The Morgan fingerprint density at radius 2 is 0.643 bits per heavy atom. The van der Waals surface area contributed by atoms with Gasteiger partial charge in [0.15, 0.2) is 58.3 Å². The molecule has 0 spiro atoms. The first-order valence-electron chi connectivity index (χ1n) is 11.1. The second kappa shape index (κ2) is 12.5. The van der Waals surface area contributed by atoms with Gasteiger partial charge in [-0.05, 0) is 0 Å². The predicted octanol–water partition coefficient (Wildman–Crippen LogP) is 8.19. The van der Waals surface area contributed by atoms with Crippen molar-refractivity contribution < 1.29 is 66.9 Å². The van der Waals surface area contributed by atoms with Crippen LogP contribution in [0.5, 0.6) is 17.2 Å². The molecular weight excluding hydrogens is 600 g/mol. The van der Waals surface area contributed by atoms with E-state index in [0.717, 1.165) is 0 Å². The van der Waals surface area contributed by atoms with E-state index in [1.807, 2.05) is 0 Å². The molecule has 0 fully saturated rings. The van der Waals surface area contributed by atoms with Gasteiger partial charge >= 0.3 is 0 Å². The predicted molar refractivity (Wildman–Crippen MR) is 125 cm³/mol. The zero-order valence-corrected chi connectivity index (χ0v) is 20.6. The van der Waals surface area contributed by atoms with Crippen LogP contribution in [0.1, 0.15) is 16.7 Å². The third-order valence-corrected chi connectivity index (χ3v) is 5.50. The molecule has 0 aliphatic carbocycles. The molecule has 15 heteroatoms. The molecular formula is C27H14F12O3. The minimum Gasteiger partial charge on any atom is -0.483 e. The zero-order valence-electron chi connectivity index (χ0n) is 20.6. The SMILES string of the molecule is C=Cc1c(F)c(F)c(OCC(COc2c(F)c(F)c(C=C)c(F)c2F)Oc2c(F)c(F)c(C=C)c(F)c2F)c(F)c1F. The first-order chi connectivity index (χ1) is 19.7. The van der Waals surface area contributed by atoms with E-state index in [9.17, 15) is 52.7 Å². The highest BCUT2D eigenvalue weighted by Crippen LogP contribution is 2.34. The minimum atomic E-state index is -2.32. The summed E-state index contributed by atoms with van der Waals surface area (Å²) in [5.41, 5.74) is -3.77. The van der Waals surface area contributed by atoms with Crippen molar-refractivity contribution in [2.75, 3.05) is 13.2 Å². The lowest BCUT2D eigenvalue weighted by molar-refractivity contribution is 0.0657. The summed E-state index contributed by atoms with van der Waals surface area (Å²) in [6.07, 6.45) is -1.09. The van der Waals surface area contributed by atoms with Gasteiger partial charge in [0.25, 0.3) is 0 Å². The molecule has 0 amide bonds. The van der Waals surface area contributed by atoms with Crippen LogP contribution in [0.15, 0.2) is 19.7 Å². The Balaban J connectivity index is 2.06. The van der Waals surface area contributed by atoms with Gasteiger partial charge in [-0.15, -0.1) is 0 Å². The lowest BCUT2D eigenvalue weighted by Gasteiger charge is -2.22. The fourth-order valence-electron chi connectivity index (χ4n) is 3.42. The molecule has 0 unspecified atom stereocenters. The molecule has 0 aliphatic heterocycles. The summed E-state index contributed by atoms with van der Waals surface area (Å²) in [5, 5.41) is 0. The Hall–Kier alpha value is -4.56. The maximum Gasteiger partial charge on any atom is 0.204 e. The van der Waals surface area contributed by atoms with Crippen molar-refractivity contribution in [2.24, 2.45) is 0 Å². The lowest BCUT2D eigenvalue weighted by Crippen LogP contribution is -2.33. The van der Waals surface area contributed by atoms with Crippen LogP contribution in [-0.2, 0) is 0 Å². The number of benzene rings is 3. The zero-order chi connectivity index (χ0) is 31.6. The molecule has 0 aromatic heterocycles. The fraction of sp³-hybridized carbons (Fsp3) is 0.111. The number of ether oxygens (including phenoxy) is 3. The Morgan fingerprint density at radius 1 is 0.405 bits per heavy atom. The van der Waals surface area contributed by atoms with Gasteiger partial charge in [0, 0.05) is 0 Å². The number of hydrogen-bond acceptors (Lipinski definition) is 3. The van der Waals surface area contributed by atoms with Gasteiger partial charge in [0.2, 0.25) is 34.9 Å². The maximum absolute atomic E-state index is 14.5. The first-order valence-corrected chi connectivity index (χ1v) is 11.1. The molecule has 0 saturated carbocycles. The van der Waals surface area contributed by atoms with E-state index in [1.165, 1.54) is 0 Å². The molecule has 3 aromatic rings. The lowest BCUT2D eigenvalue weighted by atomic mass is 10.1. The molecule has 0 heterocycles. The Morgan fingerprint density at radius 3 is 0.881 bits per heavy atom. The van der Waals surface area contributed by atoms with Crippen LogP contribution in [-0.4, -0.2) is 19.3 Å². The normalized spacial score (nSPS) is 11.1. The smallest absolute Gasteiger partial charge is 0.204 e. The van der Waals surface area contributed by atoms with E-state index in [4.69, 9.17) is 4.74 Å². The van der Waals surface area contributed by atoms with Gasteiger partial charge in [-0.3, -0.25) is 0 Å². The Kier molecular flexibility index (Phi) is 9.53. The number of halogens is 12. The van der Waals surface area contributed by atoms with Gasteiger partial charge in [-0.25, -0.2) is 26.3 Å².